The second kappa shape index (κ2) is 5.44. The highest BCUT2D eigenvalue weighted by molar-refractivity contribution is 7.10. The lowest BCUT2D eigenvalue weighted by Crippen LogP contribution is -2.44. The second-order valence-corrected chi connectivity index (χ2v) is 6.25. The Labute approximate surface area is 125 Å². The van der Waals surface area contributed by atoms with E-state index in [0.29, 0.717) is 5.56 Å². The summed E-state index contributed by atoms with van der Waals surface area (Å²) in [6, 6.07) is 6.33. The average molecular weight is 314 g/mol. The van der Waals surface area contributed by atoms with Crippen LogP contribution in [0.2, 0.25) is 0 Å². The summed E-state index contributed by atoms with van der Waals surface area (Å²) in [7, 11) is 0. The van der Waals surface area contributed by atoms with E-state index in [2.05, 4.69) is 0 Å². The van der Waals surface area contributed by atoms with Crippen LogP contribution in [0.4, 0.5) is 13.2 Å². The van der Waals surface area contributed by atoms with Crippen molar-refractivity contribution in [2.24, 2.45) is 11.5 Å². The van der Waals surface area contributed by atoms with Gasteiger partial charge in [0, 0.05) is 4.88 Å². The van der Waals surface area contributed by atoms with Crippen LogP contribution >= 0.6 is 11.3 Å². The molecule has 2 atom stereocenters. The summed E-state index contributed by atoms with van der Waals surface area (Å²) in [5.41, 5.74) is 12.5. The molecular weight excluding hydrogens is 297 g/mol. The van der Waals surface area contributed by atoms with Gasteiger partial charge in [-0.05, 0) is 48.6 Å². The lowest BCUT2D eigenvalue weighted by atomic mass is 9.84. The molecule has 0 spiro atoms. The molecular formula is C15H17F3N2S. The summed E-state index contributed by atoms with van der Waals surface area (Å²) in [4.78, 5) is 0.944. The lowest BCUT2D eigenvalue weighted by Gasteiger charge is -2.32. The van der Waals surface area contributed by atoms with Crippen LogP contribution in [0.3, 0.4) is 0 Å². The topological polar surface area (TPSA) is 52.0 Å². The Bertz CT molecular complexity index is 615. The van der Waals surface area contributed by atoms with Gasteiger partial charge in [0.05, 0.1) is 17.1 Å². The van der Waals surface area contributed by atoms with E-state index in [1.807, 2.05) is 18.4 Å². The van der Waals surface area contributed by atoms with Crippen molar-refractivity contribution in [1.82, 2.24) is 0 Å². The third kappa shape index (κ3) is 3.12. The number of halogens is 3. The maximum atomic E-state index is 12.6. The molecule has 2 nitrogen and oxygen atoms in total. The van der Waals surface area contributed by atoms with Gasteiger partial charge in [0.2, 0.25) is 0 Å². The molecule has 114 valence electrons. The Morgan fingerprint density at radius 3 is 2.00 bits per heavy atom. The molecule has 0 saturated heterocycles. The number of nitrogens with two attached hydrogens (primary N) is 2. The minimum absolute atomic E-state index is 0.478. The average Bonchev–Trinajstić information content (AvgIpc) is 2.83. The summed E-state index contributed by atoms with van der Waals surface area (Å²) in [5.74, 6) is 0. The molecule has 21 heavy (non-hydrogen) atoms. The van der Waals surface area contributed by atoms with Gasteiger partial charge in [-0.15, -0.1) is 11.3 Å². The van der Waals surface area contributed by atoms with Crippen LogP contribution in [0.5, 0.6) is 0 Å². The Morgan fingerprint density at radius 1 is 1.05 bits per heavy atom. The van der Waals surface area contributed by atoms with E-state index >= 15 is 0 Å². The van der Waals surface area contributed by atoms with E-state index in [-0.39, 0.29) is 0 Å². The Morgan fingerprint density at radius 2 is 1.57 bits per heavy atom. The molecule has 0 aliphatic heterocycles. The number of hydrogen-bond acceptors (Lipinski definition) is 3. The first kappa shape index (κ1) is 16.0. The predicted molar refractivity (Wildman–Crippen MR) is 79.0 cm³/mol. The molecule has 2 rings (SSSR count). The predicted octanol–water partition coefficient (Wildman–Crippen LogP) is 3.95. The summed E-state index contributed by atoms with van der Waals surface area (Å²) in [5, 5.41) is 1.92. The zero-order valence-electron chi connectivity index (χ0n) is 11.7. The normalized spacial score (nSPS) is 16.5. The minimum Gasteiger partial charge on any atom is -0.321 e. The van der Waals surface area contributed by atoms with Gasteiger partial charge < -0.3 is 11.5 Å². The number of thiophene rings is 1. The monoisotopic (exact) mass is 314 g/mol. The molecule has 0 aliphatic carbocycles. The van der Waals surface area contributed by atoms with Crippen molar-refractivity contribution >= 4 is 11.3 Å². The molecule has 1 aromatic heterocycles. The first-order valence-electron chi connectivity index (χ1n) is 6.40. The van der Waals surface area contributed by atoms with E-state index < -0.39 is 23.3 Å². The third-order valence-electron chi connectivity index (χ3n) is 3.66. The highest BCUT2D eigenvalue weighted by Crippen LogP contribution is 2.36. The van der Waals surface area contributed by atoms with Gasteiger partial charge >= 0.3 is 6.18 Å². The van der Waals surface area contributed by atoms with E-state index in [0.717, 1.165) is 22.6 Å². The largest absolute Gasteiger partial charge is 0.416 e. The molecule has 0 aliphatic rings. The fourth-order valence-corrected chi connectivity index (χ4v) is 3.24. The van der Waals surface area contributed by atoms with Gasteiger partial charge in [0.25, 0.3) is 0 Å². The van der Waals surface area contributed by atoms with Crippen LogP contribution in [0, 0.1) is 6.92 Å². The number of hydrogen-bond donors (Lipinski definition) is 2. The quantitative estimate of drug-likeness (QED) is 0.901. The third-order valence-corrected chi connectivity index (χ3v) is 4.77. The summed E-state index contributed by atoms with van der Waals surface area (Å²) in [6.45, 7) is 3.67. The fourth-order valence-electron chi connectivity index (χ4n) is 2.17. The van der Waals surface area contributed by atoms with E-state index in [1.165, 1.54) is 23.5 Å². The van der Waals surface area contributed by atoms with Crippen LogP contribution in [-0.4, -0.2) is 0 Å². The summed E-state index contributed by atoms with van der Waals surface area (Å²) >= 11 is 1.50. The molecule has 0 saturated carbocycles. The van der Waals surface area contributed by atoms with Crippen LogP contribution in [0.25, 0.3) is 0 Å². The highest BCUT2D eigenvalue weighted by Gasteiger charge is 2.34. The number of benzene rings is 1. The van der Waals surface area contributed by atoms with Crippen molar-refractivity contribution in [2.45, 2.75) is 31.6 Å². The Kier molecular flexibility index (Phi) is 4.15. The van der Waals surface area contributed by atoms with Gasteiger partial charge in [-0.3, -0.25) is 0 Å². The SMILES string of the molecule is Cc1ccsc1C(N)C(C)(N)c1ccc(C(F)(F)F)cc1. The van der Waals surface area contributed by atoms with Crippen molar-refractivity contribution < 1.29 is 13.2 Å². The maximum absolute atomic E-state index is 12.6. The fraction of sp³-hybridized carbons (Fsp3) is 0.333. The van der Waals surface area contributed by atoms with Crippen LogP contribution in [-0.2, 0) is 11.7 Å². The molecule has 1 heterocycles. The zero-order chi connectivity index (χ0) is 15.8. The van der Waals surface area contributed by atoms with E-state index in [1.54, 1.807) is 6.92 Å². The van der Waals surface area contributed by atoms with E-state index in [9.17, 15) is 13.2 Å². The van der Waals surface area contributed by atoms with E-state index in [4.69, 9.17) is 11.5 Å². The summed E-state index contributed by atoms with van der Waals surface area (Å²) < 4.78 is 37.8. The standard InChI is InChI=1S/C15H17F3N2S/c1-9-7-8-21-12(9)13(19)14(2,20)10-3-5-11(6-4-10)15(16,17)18/h3-8,13H,19-20H2,1-2H3. The minimum atomic E-state index is -4.35. The zero-order valence-corrected chi connectivity index (χ0v) is 12.6. The van der Waals surface area contributed by atoms with Crippen molar-refractivity contribution in [2.75, 3.05) is 0 Å². The smallest absolute Gasteiger partial charge is 0.321 e. The lowest BCUT2D eigenvalue weighted by molar-refractivity contribution is -0.137. The second-order valence-electron chi connectivity index (χ2n) is 5.30. The number of rotatable bonds is 3. The molecule has 2 unspecified atom stereocenters. The first-order chi connectivity index (χ1) is 9.64. The molecule has 0 radical (unpaired) electrons. The van der Waals surface area contributed by atoms with Gasteiger partial charge in [-0.2, -0.15) is 13.2 Å². The van der Waals surface area contributed by atoms with Gasteiger partial charge in [-0.25, -0.2) is 0 Å². The molecule has 4 N–H and O–H groups in total. The molecule has 2 aromatic rings. The highest BCUT2D eigenvalue weighted by atomic mass is 32.1. The van der Waals surface area contributed by atoms with Crippen molar-refractivity contribution in [1.29, 1.82) is 0 Å². The van der Waals surface area contributed by atoms with Gasteiger partial charge in [-0.1, -0.05) is 12.1 Å². The number of alkyl halides is 3. The van der Waals surface area contributed by atoms with Crippen LogP contribution in [0.1, 0.15) is 34.5 Å². The van der Waals surface area contributed by atoms with Crippen LogP contribution < -0.4 is 11.5 Å². The first-order valence-corrected chi connectivity index (χ1v) is 7.28. The maximum Gasteiger partial charge on any atom is 0.416 e. The van der Waals surface area contributed by atoms with Gasteiger partial charge in [0.1, 0.15) is 0 Å². The molecule has 6 heteroatoms. The molecule has 0 bridgehead atoms. The van der Waals surface area contributed by atoms with Crippen molar-refractivity contribution in [3.05, 3.63) is 57.3 Å². The summed E-state index contributed by atoms with van der Waals surface area (Å²) in [6.07, 6.45) is -4.35. The number of aryl methyl sites for hydroxylation is 1. The van der Waals surface area contributed by atoms with Gasteiger partial charge in [0.15, 0.2) is 0 Å². The Hall–Kier alpha value is -1.37. The molecule has 0 fully saturated rings. The van der Waals surface area contributed by atoms with Crippen LogP contribution in [0.15, 0.2) is 35.7 Å². The van der Waals surface area contributed by atoms with Crippen molar-refractivity contribution in [3.63, 3.8) is 0 Å². The molecule has 1 aromatic carbocycles. The Balaban J connectivity index is 2.33. The molecule has 0 amide bonds. The van der Waals surface area contributed by atoms with Crippen molar-refractivity contribution in [3.8, 4) is 0 Å².